The van der Waals surface area contributed by atoms with E-state index >= 15 is 0 Å². The molecule has 0 amide bonds. The highest BCUT2D eigenvalue weighted by atomic mass is 79.9. The summed E-state index contributed by atoms with van der Waals surface area (Å²) in [6.45, 7) is 0.546. The van der Waals surface area contributed by atoms with E-state index in [-0.39, 0.29) is 5.75 Å². The van der Waals surface area contributed by atoms with Gasteiger partial charge < -0.3 is 14.3 Å². The molecule has 0 aliphatic carbocycles. The molecule has 142 valence electrons. The smallest absolute Gasteiger partial charge is 0.375 e. The van der Waals surface area contributed by atoms with Crippen molar-refractivity contribution in [2.24, 2.45) is 0 Å². The molecule has 6 nitrogen and oxygen atoms in total. The van der Waals surface area contributed by atoms with E-state index in [1.807, 2.05) is 59.2 Å². The van der Waals surface area contributed by atoms with Crippen LogP contribution in [0.5, 0.6) is 0 Å². The maximum absolute atomic E-state index is 10.8. The van der Waals surface area contributed by atoms with Crippen LogP contribution in [0.3, 0.4) is 0 Å². The van der Waals surface area contributed by atoms with Crippen molar-refractivity contribution in [2.75, 3.05) is 11.1 Å². The molecule has 8 heteroatoms. The Balaban J connectivity index is 1.80. The third-order valence-electron chi connectivity index (χ3n) is 3.97. The van der Waals surface area contributed by atoms with Gasteiger partial charge in [-0.2, -0.15) is 4.57 Å². The average molecular weight is 451 g/mol. The van der Waals surface area contributed by atoms with Crippen molar-refractivity contribution < 1.29 is 22.0 Å². The number of benzene rings is 2. The van der Waals surface area contributed by atoms with Crippen molar-refractivity contribution in [3.8, 4) is 0 Å². The molecule has 0 saturated heterocycles. The van der Waals surface area contributed by atoms with Crippen LogP contribution in [-0.4, -0.2) is 18.7 Å². The highest BCUT2D eigenvalue weighted by molar-refractivity contribution is 9.10. The number of aryl methyl sites for hydroxylation is 1. The molecule has 3 aromatic rings. The van der Waals surface area contributed by atoms with Gasteiger partial charge in [0.1, 0.15) is 0 Å². The summed E-state index contributed by atoms with van der Waals surface area (Å²) in [4.78, 5) is 0. The van der Waals surface area contributed by atoms with Crippen LogP contribution in [0.4, 0.5) is 5.69 Å². The zero-order valence-corrected chi connectivity index (χ0v) is 16.9. The Kier molecular flexibility index (Phi) is 6.30. The standard InChI is InChI=1S/C19H19BrN2O4S/c20-15-8-9-18-17(14-15)22(12-4-5-13-27(23,24)25)19(26-18)10-11-21-16-6-2-1-3-7-16/h1-3,6-11,14H,4-5,12-13H2,(H,23,24,25). The lowest BCUT2D eigenvalue weighted by Crippen LogP contribution is -2.35. The van der Waals surface area contributed by atoms with Gasteiger partial charge in [0.15, 0.2) is 6.54 Å². The molecule has 0 radical (unpaired) electrons. The van der Waals surface area contributed by atoms with Crippen LogP contribution in [0, 0.1) is 0 Å². The van der Waals surface area contributed by atoms with Crippen molar-refractivity contribution in [3.63, 3.8) is 0 Å². The largest absolute Gasteiger partial charge is 0.748 e. The van der Waals surface area contributed by atoms with Crippen LogP contribution in [-0.2, 0) is 16.7 Å². The maximum atomic E-state index is 10.8. The molecule has 0 spiro atoms. The first-order valence-corrected chi connectivity index (χ1v) is 10.8. The van der Waals surface area contributed by atoms with Crippen molar-refractivity contribution in [2.45, 2.75) is 19.4 Å². The maximum Gasteiger partial charge on any atom is 0.375 e. The Morgan fingerprint density at radius 2 is 1.93 bits per heavy atom. The average Bonchev–Trinajstić information content (AvgIpc) is 2.96. The van der Waals surface area contributed by atoms with Gasteiger partial charge in [-0.15, -0.1) is 0 Å². The summed E-state index contributed by atoms with van der Waals surface area (Å²) in [5, 5.41) is 3.18. The van der Waals surface area contributed by atoms with Gasteiger partial charge in [-0.3, -0.25) is 0 Å². The summed E-state index contributed by atoms with van der Waals surface area (Å²) in [5.74, 6) is 0.282. The molecule has 1 heterocycles. The van der Waals surface area contributed by atoms with Gasteiger partial charge in [0.05, 0.1) is 16.2 Å². The van der Waals surface area contributed by atoms with Crippen molar-refractivity contribution >= 4 is 48.9 Å². The second-order valence-corrected chi connectivity index (χ2v) is 8.46. The lowest BCUT2D eigenvalue weighted by atomic mass is 10.3. The van der Waals surface area contributed by atoms with Gasteiger partial charge in [0, 0.05) is 34.6 Å². The van der Waals surface area contributed by atoms with Crippen LogP contribution in [0.15, 0.2) is 63.6 Å². The quantitative estimate of drug-likeness (QED) is 0.319. The third kappa shape index (κ3) is 5.66. The van der Waals surface area contributed by atoms with E-state index < -0.39 is 10.1 Å². The number of hydrogen-bond donors (Lipinski definition) is 1. The Bertz CT molecular complexity index is 1050. The topological polar surface area (TPSA) is 86.2 Å². The summed E-state index contributed by atoms with van der Waals surface area (Å²) >= 11 is 3.46. The highest BCUT2D eigenvalue weighted by Gasteiger charge is 2.20. The van der Waals surface area contributed by atoms with Crippen molar-refractivity contribution in [1.82, 2.24) is 0 Å². The molecular weight excluding hydrogens is 432 g/mol. The predicted octanol–water partition coefficient (Wildman–Crippen LogP) is 3.89. The number of nitrogens with one attached hydrogen (secondary N) is 1. The van der Waals surface area contributed by atoms with Crippen LogP contribution in [0.25, 0.3) is 17.2 Å². The molecule has 1 N–H and O–H groups in total. The summed E-state index contributed by atoms with van der Waals surface area (Å²) in [6.07, 6.45) is 4.48. The van der Waals surface area contributed by atoms with Crippen LogP contribution in [0.2, 0.25) is 0 Å². The lowest BCUT2D eigenvalue weighted by molar-refractivity contribution is -0.678. The van der Waals surface area contributed by atoms with E-state index in [9.17, 15) is 13.0 Å². The van der Waals surface area contributed by atoms with E-state index in [2.05, 4.69) is 21.2 Å². The first-order valence-electron chi connectivity index (χ1n) is 8.46. The number of aromatic nitrogens is 1. The summed E-state index contributed by atoms with van der Waals surface area (Å²) in [7, 11) is -4.18. The second-order valence-electron chi connectivity index (χ2n) is 6.02. The van der Waals surface area contributed by atoms with Gasteiger partial charge in [-0.1, -0.05) is 34.1 Å². The van der Waals surface area contributed by atoms with Gasteiger partial charge in [-0.25, -0.2) is 8.42 Å². The van der Waals surface area contributed by atoms with E-state index in [0.29, 0.717) is 25.3 Å². The van der Waals surface area contributed by atoms with E-state index in [0.717, 1.165) is 21.3 Å². The molecule has 0 aliphatic rings. The molecule has 0 unspecified atom stereocenters. The number of rotatable bonds is 8. The van der Waals surface area contributed by atoms with Gasteiger partial charge in [-0.05, 0) is 30.7 Å². The summed E-state index contributed by atoms with van der Waals surface area (Å²) in [6, 6.07) is 15.5. The molecule has 0 fully saturated rings. The summed E-state index contributed by atoms with van der Waals surface area (Å²) < 4.78 is 41.2. The highest BCUT2D eigenvalue weighted by Crippen LogP contribution is 2.20. The number of fused-ring (bicyclic) bond motifs is 1. The number of oxazole rings is 1. The number of para-hydroxylation sites is 1. The fourth-order valence-corrected chi connectivity index (χ4v) is 3.63. The molecule has 1 aromatic heterocycles. The molecule has 27 heavy (non-hydrogen) atoms. The Hall–Kier alpha value is -2.16. The van der Waals surface area contributed by atoms with Gasteiger partial charge in [0.2, 0.25) is 5.58 Å². The zero-order valence-electron chi connectivity index (χ0n) is 14.5. The van der Waals surface area contributed by atoms with E-state index in [4.69, 9.17) is 4.42 Å². The number of anilines is 1. The van der Waals surface area contributed by atoms with Crippen LogP contribution in [0.1, 0.15) is 18.7 Å². The molecule has 0 aliphatic heterocycles. The number of unbranched alkanes of at least 4 members (excludes halogenated alkanes) is 1. The molecule has 0 saturated carbocycles. The lowest BCUT2D eigenvalue weighted by Gasteiger charge is -2.04. The Morgan fingerprint density at radius 1 is 1.15 bits per heavy atom. The number of halogens is 1. The Morgan fingerprint density at radius 3 is 2.67 bits per heavy atom. The minimum atomic E-state index is -4.18. The molecule has 3 rings (SSSR count). The molecule has 2 aromatic carbocycles. The minimum Gasteiger partial charge on any atom is -0.748 e. The monoisotopic (exact) mass is 450 g/mol. The third-order valence-corrected chi connectivity index (χ3v) is 5.25. The van der Waals surface area contributed by atoms with E-state index in [1.54, 1.807) is 6.20 Å². The normalized spacial score (nSPS) is 12.1. The van der Waals surface area contributed by atoms with Crippen LogP contribution >= 0.6 is 15.9 Å². The molecule has 0 atom stereocenters. The van der Waals surface area contributed by atoms with Crippen molar-refractivity contribution in [1.29, 1.82) is 0 Å². The van der Waals surface area contributed by atoms with Crippen molar-refractivity contribution in [3.05, 3.63) is 65.1 Å². The summed E-state index contributed by atoms with van der Waals surface area (Å²) in [5.41, 5.74) is 2.59. The number of nitrogens with zero attached hydrogens (tertiary/aromatic N) is 1. The van der Waals surface area contributed by atoms with Crippen LogP contribution < -0.4 is 9.88 Å². The first kappa shape index (κ1) is 19.6. The second kappa shape index (κ2) is 8.69. The predicted molar refractivity (Wildman–Crippen MR) is 107 cm³/mol. The fraction of sp³-hybridized carbons (Fsp3) is 0.211. The number of hydrogen-bond acceptors (Lipinski definition) is 5. The fourth-order valence-electron chi connectivity index (χ4n) is 2.72. The van der Waals surface area contributed by atoms with Gasteiger partial charge >= 0.3 is 5.89 Å². The molecule has 0 bridgehead atoms. The SMILES string of the molecule is O=S(=O)([O-])CCCC[n+]1c(C=CNc2ccccc2)oc2ccc(Br)cc21. The zero-order chi connectivity index (χ0) is 19.3. The molecular formula is C19H19BrN2O4S. The van der Waals surface area contributed by atoms with Gasteiger partial charge in [0.25, 0.3) is 5.52 Å². The Labute approximate surface area is 166 Å². The van der Waals surface area contributed by atoms with E-state index in [1.165, 1.54) is 0 Å². The first-order chi connectivity index (χ1) is 12.9. The minimum absolute atomic E-state index is 0.310.